The van der Waals surface area contributed by atoms with Gasteiger partial charge in [0.25, 0.3) is 5.91 Å². The van der Waals surface area contributed by atoms with E-state index in [0.717, 1.165) is 30.5 Å². The van der Waals surface area contributed by atoms with Crippen LogP contribution in [-0.4, -0.2) is 65.4 Å². The highest BCUT2D eigenvalue weighted by molar-refractivity contribution is 7.99. The van der Waals surface area contributed by atoms with Gasteiger partial charge in [-0.3, -0.25) is 24.3 Å². The second-order valence-corrected chi connectivity index (χ2v) is 14.1. The average molecular weight is 588 g/mol. The van der Waals surface area contributed by atoms with Crippen molar-refractivity contribution >= 4 is 39.3 Å². The number of thioether (sulfide) groups is 1. The lowest BCUT2D eigenvalue weighted by Gasteiger charge is -2.40. The summed E-state index contributed by atoms with van der Waals surface area (Å²) in [5.74, 6) is -0.605. The molecule has 2 fully saturated rings. The summed E-state index contributed by atoms with van der Waals surface area (Å²) in [5.41, 5.74) is 0.673. The molecular weight excluding hydrogens is 553 g/mol. The van der Waals surface area contributed by atoms with Crippen LogP contribution in [0.5, 0.6) is 0 Å². The Morgan fingerprint density at radius 2 is 1.73 bits per heavy atom. The number of benzene rings is 1. The van der Waals surface area contributed by atoms with E-state index in [2.05, 4.69) is 10.3 Å². The second kappa shape index (κ2) is 12.4. The normalized spacial score (nSPS) is 24.6. The Balaban J connectivity index is 1.29. The number of nitrogens with zero attached hydrogens (tertiary/aromatic N) is 2. The first-order valence-electron chi connectivity index (χ1n) is 13.9. The summed E-state index contributed by atoms with van der Waals surface area (Å²) in [6.07, 6.45) is 5.95. The Morgan fingerprint density at radius 3 is 2.42 bits per heavy atom. The summed E-state index contributed by atoms with van der Waals surface area (Å²) < 4.78 is 39.3. The lowest BCUT2D eigenvalue weighted by molar-refractivity contribution is -0.138. The topological polar surface area (TPSA) is 114 Å². The number of sulfone groups is 1. The molecule has 5 rings (SSSR count). The van der Waals surface area contributed by atoms with Crippen molar-refractivity contribution in [3.63, 3.8) is 0 Å². The standard InChI is InChI=1S/C29H34FN3O5S2/c30-20-16-25-26(31-17-20)11-10-24(19-12-14-39-15-13-19)28(35)33(29(25)36)22-8-6-21(7-9-22)32-27(34)18-40(37,38)23-4-2-1-3-5-23/h1-5,16-17,19,21-22,24H,6-15,18H2,(H,32,34). The average Bonchev–Trinajstić information content (AvgIpc) is 2.95. The van der Waals surface area contributed by atoms with E-state index >= 15 is 0 Å². The third-order valence-corrected chi connectivity index (χ3v) is 11.0. The molecule has 1 N–H and O–H groups in total. The van der Waals surface area contributed by atoms with Crippen molar-refractivity contribution in [1.29, 1.82) is 0 Å². The number of aromatic nitrogens is 1. The molecule has 3 heterocycles. The van der Waals surface area contributed by atoms with Crippen LogP contribution < -0.4 is 5.32 Å². The van der Waals surface area contributed by atoms with E-state index < -0.39 is 33.2 Å². The van der Waals surface area contributed by atoms with Crippen molar-refractivity contribution in [1.82, 2.24) is 15.2 Å². The maximum absolute atomic E-state index is 14.1. The van der Waals surface area contributed by atoms with Gasteiger partial charge in [-0.2, -0.15) is 11.8 Å². The van der Waals surface area contributed by atoms with Crippen LogP contribution in [0.1, 0.15) is 61.0 Å². The molecule has 1 unspecified atom stereocenters. The van der Waals surface area contributed by atoms with Crippen LogP contribution in [0, 0.1) is 17.7 Å². The Kier molecular flexibility index (Phi) is 8.89. The summed E-state index contributed by atoms with van der Waals surface area (Å²) in [6.45, 7) is 0. The molecule has 1 aliphatic carbocycles. The first-order chi connectivity index (χ1) is 19.2. The molecule has 0 radical (unpaired) electrons. The van der Waals surface area contributed by atoms with Crippen LogP contribution in [0.15, 0.2) is 47.5 Å². The van der Waals surface area contributed by atoms with E-state index in [1.807, 2.05) is 11.8 Å². The number of halogens is 1. The number of aryl methyl sites for hydroxylation is 1. The molecule has 8 nitrogen and oxygen atoms in total. The largest absolute Gasteiger partial charge is 0.352 e. The zero-order chi connectivity index (χ0) is 28.3. The summed E-state index contributed by atoms with van der Waals surface area (Å²) >= 11 is 1.88. The maximum Gasteiger partial charge on any atom is 0.262 e. The number of fused-ring (bicyclic) bond motifs is 1. The Bertz CT molecular complexity index is 1360. The van der Waals surface area contributed by atoms with Gasteiger partial charge in [-0.1, -0.05) is 18.2 Å². The quantitative estimate of drug-likeness (QED) is 0.512. The number of nitrogens with one attached hydrogen (secondary N) is 1. The number of carbonyl (C=O) groups excluding carboxylic acids is 3. The van der Waals surface area contributed by atoms with Crippen molar-refractivity contribution in [2.75, 3.05) is 17.3 Å². The van der Waals surface area contributed by atoms with Crippen molar-refractivity contribution in [3.8, 4) is 0 Å². The smallest absolute Gasteiger partial charge is 0.262 e. The molecular formula is C29H34FN3O5S2. The highest BCUT2D eigenvalue weighted by Crippen LogP contribution is 2.37. The number of carbonyl (C=O) groups is 3. The molecule has 1 saturated carbocycles. The number of amides is 3. The molecule has 1 aromatic carbocycles. The SMILES string of the molecule is O=C(CS(=O)(=O)c1ccccc1)NC1CCC(N2C(=O)c3cc(F)cnc3CCC(C3CCSCC3)C2=O)CC1. The van der Waals surface area contributed by atoms with Gasteiger partial charge in [0.15, 0.2) is 9.84 Å². The molecule has 1 aromatic heterocycles. The molecule has 3 amide bonds. The third-order valence-electron chi connectivity index (χ3n) is 8.32. The van der Waals surface area contributed by atoms with Gasteiger partial charge in [-0.25, -0.2) is 12.8 Å². The predicted molar refractivity (Wildman–Crippen MR) is 150 cm³/mol. The second-order valence-electron chi connectivity index (χ2n) is 10.9. The summed E-state index contributed by atoms with van der Waals surface area (Å²) in [4.78, 5) is 46.1. The lowest BCUT2D eigenvalue weighted by atomic mass is 9.80. The fourth-order valence-electron chi connectivity index (χ4n) is 6.21. The van der Waals surface area contributed by atoms with Gasteiger partial charge in [-0.05, 0) is 87.0 Å². The molecule has 0 spiro atoms. The van der Waals surface area contributed by atoms with Crippen LogP contribution in [0.3, 0.4) is 0 Å². The molecule has 0 bridgehead atoms. The monoisotopic (exact) mass is 587 g/mol. The van der Waals surface area contributed by atoms with E-state index in [4.69, 9.17) is 0 Å². The Morgan fingerprint density at radius 1 is 1.02 bits per heavy atom. The molecule has 3 aliphatic rings. The molecule has 214 valence electrons. The van der Waals surface area contributed by atoms with E-state index in [9.17, 15) is 27.2 Å². The van der Waals surface area contributed by atoms with E-state index in [1.165, 1.54) is 23.1 Å². The van der Waals surface area contributed by atoms with Gasteiger partial charge in [0, 0.05) is 18.0 Å². The molecule has 1 saturated heterocycles. The van der Waals surface area contributed by atoms with Crippen LogP contribution in [0.2, 0.25) is 0 Å². The minimum atomic E-state index is -3.76. The molecule has 11 heteroatoms. The number of pyridine rings is 1. The predicted octanol–water partition coefficient (Wildman–Crippen LogP) is 3.80. The van der Waals surface area contributed by atoms with Gasteiger partial charge in [0.2, 0.25) is 11.8 Å². The van der Waals surface area contributed by atoms with Crippen LogP contribution in [0.25, 0.3) is 0 Å². The van der Waals surface area contributed by atoms with Crippen LogP contribution >= 0.6 is 11.8 Å². The van der Waals surface area contributed by atoms with Crippen LogP contribution in [-0.2, 0) is 25.8 Å². The molecule has 40 heavy (non-hydrogen) atoms. The fraction of sp³-hybridized carbons (Fsp3) is 0.517. The van der Waals surface area contributed by atoms with Crippen molar-refractivity contribution in [2.24, 2.45) is 11.8 Å². The van der Waals surface area contributed by atoms with E-state index in [1.54, 1.807) is 18.2 Å². The number of rotatable bonds is 6. The number of hydrogen-bond donors (Lipinski definition) is 1. The maximum atomic E-state index is 14.1. The summed E-state index contributed by atoms with van der Waals surface area (Å²) in [6, 6.07) is 8.40. The van der Waals surface area contributed by atoms with E-state index in [-0.39, 0.29) is 40.3 Å². The summed E-state index contributed by atoms with van der Waals surface area (Å²) in [7, 11) is -3.76. The molecule has 1 atom stereocenters. The first-order valence-corrected chi connectivity index (χ1v) is 16.7. The number of imide groups is 1. The minimum Gasteiger partial charge on any atom is -0.352 e. The van der Waals surface area contributed by atoms with Gasteiger partial charge < -0.3 is 5.32 Å². The first kappa shape index (κ1) is 28.7. The Hall–Kier alpha value is -2.79. The van der Waals surface area contributed by atoms with Gasteiger partial charge in [0.05, 0.1) is 22.3 Å². The Labute approximate surface area is 238 Å². The van der Waals surface area contributed by atoms with Crippen molar-refractivity contribution in [3.05, 3.63) is 59.7 Å². The minimum absolute atomic E-state index is 0.0975. The van der Waals surface area contributed by atoms with Gasteiger partial charge in [-0.15, -0.1) is 0 Å². The highest BCUT2D eigenvalue weighted by Gasteiger charge is 2.42. The lowest BCUT2D eigenvalue weighted by Crippen LogP contribution is -2.53. The van der Waals surface area contributed by atoms with Crippen molar-refractivity contribution in [2.45, 2.75) is 68.3 Å². The van der Waals surface area contributed by atoms with Crippen LogP contribution in [0.4, 0.5) is 4.39 Å². The highest BCUT2D eigenvalue weighted by atomic mass is 32.2. The fourth-order valence-corrected chi connectivity index (χ4v) is 8.52. The molecule has 2 aliphatic heterocycles. The van der Waals surface area contributed by atoms with E-state index in [0.29, 0.717) is 44.2 Å². The zero-order valence-corrected chi connectivity index (χ0v) is 23.9. The summed E-state index contributed by atoms with van der Waals surface area (Å²) in [5, 5.41) is 2.83. The molecule has 2 aromatic rings. The zero-order valence-electron chi connectivity index (χ0n) is 22.3. The number of hydrogen-bond acceptors (Lipinski definition) is 7. The van der Waals surface area contributed by atoms with Crippen molar-refractivity contribution < 1.29 is 27.2 Å². The van der Waals surface area contributed by atoms with Gasteiger partial charge >= 0.3 is 0 Å². The van der Waals surface area contributed by atoms with Gasteiger partial charge in [0.1, 0.15) is 11.6 Å². The third kappa shape index (κ3) is 6.40.